The average Bonchev–Trinajstić information content (AvgIpc) is 2.39. The molecule has 0 amide bonds. The molecular formula is C12H12FN3O. The zero-order chi connectivity index (χ0) is 12.3. The molecule has 0 saturated heterocycles. The number of halogens is 1. The van der Waals surface area contributed by atoms with Crippen LogP contribution in [0.25, 0.3) is 11.3 Å². The summed E-state index contributed by atoms with van der Waals surface area (Å²) in [5.74, 6) is 0.204. The number of nitrogens with two attached hydrogens (primary N) is 1. The first-order valence-corrected chi connectivity index (χ1v) is 5.09. The van der Waals surface area contributed by atoms with Gasteiger partial charge in [-0.2, -0.15) is 0 Å². The molecule has 2 rings (SSSR count). The smallest absolute Gasteiger partial charge is 0.128 e. The van der Waals surface area contributed by atoms with E-state index in [9.17, 15) is 4.39 Å². The van der Waals surface area contributed by atoms with E-state index in [1.54, 1.807) is 18.5 Å². The molecule has 4 nitrogen and oxygen atoms in total. The van der Waals surface area contributed by atoms with Crippen LogP contribution in [0.1, 0.15) is 5.69 Å². The lowest BCUT2D eigenvalue weighted by atomic mass is 10.1. The topological polar surface area (TPSA) is 61.0 Å². The summed E-state index contributed by atoms with van der Waals surface area (Å²) < 4.78 is 18.4. The van der Waals surface area contributed by atoms with Crippen LogP contribution in [0.5, 0.6) is 5.75 Å². The standard InChI is InChI=1S/C12H12FN3O/c1-17-12-3-2-8(13)4-10(12)11-7-15-6-9(5-14)16-11/h2-4,6-7H,5,14H2,1H3. The minimum absolute atomic E-state index is 0.290. The zero-order valence-electron chi connectivity index (χ0n) is 9.35. The van der Waals surface area contributed by atoms with Crippen molar-refractivity contribution in [3.63, 3.8) is 0 Å². The summed E-state index contributed by atoms with van der Waals surface area (Å²) in [6.07, 6.45) is 3.13. The molecule has 0 radical (unpaired) electrons. The fourth-order valence-electron chi connectivity index (χ4n) is 1.51. The molecule has 0 unspecified atom stereocenters. The maximum Gasteiger partial charge on any atom is 0.128 e. The highest BCUT2D eigenvalue weighted by atomic mass is 19.1. The van der Waals surface area contributed by atoms with Crippen LogP contribution >= 0.6 is 0 Å². The molecule has 0 fully saturated rings. The fourth-order valence-corrected chi connectivity index (χ4v) is 1.51. The van der Waals surface area contributed by atoms with Crippen LogP contribution in [0.2, 0.25) is 0 Å². The van der Waals surface area contributed by atoms with Crippen molar-refractivity contribution in [3.05, 3.63) is 42.1 Å². The summed E-state index contributed by atoms with van der Waals surface area (Å²) in [6, 6.07) is 4.26. The van der Waals surface area contributed by atoms with Gasteiger partial charge in [0, 0.05) is 18.3 Å². The lowest BCUT2D eigenvalue weighted by molar-refractivity contribution is 0.415. The lowest BCUT2D eigenvalue weighted by Gasteiger charge is -2.08. The van der Waals surface area contributed by atoms with Gasteiger partial charge < -0.3 is 10.5 Å². The van der Waals surface area contributed by atoms with Gasteiger partial charge in [-0.15, -0.1) is 0 Å². The summed E-state index contributed by atoms with van der Waals surface area (Å²) in [6.45, 7) is 0.290. The Bertz CT molecular complexity index is 531. The van der Waals surface area contributed by atoms with E-state index in [2.05, 4.69) is 9.97 Å². The van der Waals surface area contributed by atoms with Crippen LogP contribution in [0, 0.1) is 5.82 Å². The van der Waals surface area contributed by atoms with Crippen molar-refractivity contribution in [2.75, 3.05) is 7.11 Å². The maximum atomic E-state index is 13.2. The highest BCUT2D eigenvalue weighted by molar-refractivity contribution is 5.66. The van der Waals surface area contributed by atoms with E-state index in [4.69, 9.17) is 10.5 Å². The third kappa shape index (κ3) is 2.39. The Morgan fingerprint density at radius 1 is 1.35 bits per heavy atom. The van der Waals surface area contributed by atoms with Gasteiger partial charge in [-0.05, 0) is 18.2 Å². The van der Waals surface area contributed by atoms with Gasteiger partial charge in [0.1, 0.15) is 11.6 Å². The molecule has 0 aliphatic carbocycles. The fraction of sp³-hybridized carbons (Fsp3) is 0.167. The highest BCUT2D eigenvalue weighted by Crippen LogP contribution is 2.28. The monoisotopic (exact) mass is 233 g/mol. The van der Waals surface area contributed by atoms with Crippen molar-refractivity contribution in [1.82, 2.24) is 9.97 Å². The van der Waals surface area contributed by atoms with Gasteiger partial charge in [0.25, 0.3) is 0 Å². The number of hydrogen-bond acceptors (Lipinski definition) is 4. The first-order chi connectivity index (χ1) is 8.24. The molecule has 1 aromatic carbocycles. The van der Waals surface area contributed by atoms with Crippen molar-refractivity contribution in [1.29, 1.82) is 0 Å². The van der Waals surface area contributed by atoms with Crippen molar-refractivity contribution in [2.45, 2.75) is 6.54 Å². The molecule has 2 aromatic rings. The first-order valence-electron chi connectivity index (χ1n) is 5.09. The first kappa shape index (κ1) is 11.5. The van der Waals surface area contributed by atoms with E-state index < -0.39 is 0 Å². The van der Waals surface area contributed by atoms with E-state index >= 15 is 0 Å². The number of methoxy groups -OCH3 is 1. The van der Waals surface area contributed by atoms with Crippen LogP contribution < -0.4 is 10.5 Å². The minimum atomic E-state index is -0.347. The normalized spacial score (nSPS) is 10.3. The van der Waals surface area contributed by atoms with Crippen LogP contribution in [0.4, 0.5) is 4.39 Å². The molecule has 0 saturated carbocycles. The largest absolute Gasteiger partial charge is 0.496 e. The van der Waals surface area contributed by atoms with Crippen LogP contribution in [0.15, 0.2) is 30.6 Å². The van der Waals surface area contributed by atoms with Gasteiger partial charge in [0.2, 0.25) is 0 Å². The van der Waals surface area contributed by atoms with Gasteiger partial charge in [-0.1, -0.05) is 0 Å². The molecule has 0 atom stereocenters. The summed E-state index contributed by atoms with van der Waals surface area (Å²) in [5, 5.41) is 0. The molecule has 5 heteroatoms. The molecular weight excluding hydrogens is 221 g/mol. The molecule has 1 aromatic heterocycles. The number of benzene rings is 1. The van der Waals surface area contributed by atoms with Crippen LogP contribution in [-0.2, 0) is 6.54 Å². The second-order valence-electron chi connectivity index (χ2n) is 3.44. The maximum absolute atomic E-state index is 13.2. The van der Waals surface area contributed by atoms with Gasteiger partial charge in [-0.3, -0.25) is 4.98 Å². The van der Waals surface area contributed by atoms with Crippen LogP contribution in [0.3, 0.4) is 0 Å². The van der Waals surface area contributed by atoms with Crippen molar-refractivity contribution in [3.8, 4) is 17.0 Å². The Hall–Kier alpha value is -2.01. The second kappa shape index (κ2) is 4.88. The van der Waals surface area contributed by atoms with Crippen LogP contribution in [-0.4, -0.2) is 17.1 Å². The van der Waals surface area contributed by atoms with Gasteiger partial charge in [0.15, 0.2) is 0 Å². The molecule has 0 aliphatic heterocycles. The summed E-state index contributed by atoms with van der Waals surface area (Å²) >= 11 is 0. The van der Waals surface area contributed by atoms with E-state index in [0.29, 0.717) is 29.2 Å². The van der Waals surface area contributed by atoms with Crippen molar-refractivity contribution in [2.24, 2.45) is 5.73 Å². The lowest BCUT2D eigenvalue weighted by Crippen LogP contribution is -2.01. The van der Waals surface area contributed by atoms with E-state index in [0.717, 1.165) is 0 Å². The summed E-state index contributed by atoms with van der Waals surface area (Å²) in [5.41, 5.74) is 7.25. The highest BCUT2D eigenvalue weighted by Gasteiger charge is 2.09. The Morgan fingerprint density at radius 2 is 2.18 bits per heavy atom. The Kier molecular flexibility index (Phi) is 3.30. The predicted octanol–water partition coefficient (Wildman–Crippen LogP) is 1.75. The summed E-state index contributed by atoms with van der Waals surface area (Å²) in [4.78, 5) is 8.29. The van der Waals surface area contributed by atoms with Crippen molar-refractivity contribution < 1.29 is 9.13 Å². The number of rotatable bonds is 3. The number of ether oxygens (including phenoxy) is 1. The molecule has 88 valence electrons. The molecule has 0 spiro atoms. The van der Waals surface area contributed by atoms with Gasteiger partial charge in [0.05, 0.1) is 24.7 Å². The minimum Gasteiger partial charge on any atom is -0.496 e. The zero-order valence-corrected chi connectivity index (χ0v) is 9.35. The van der Waals surface area contributed by atoms with Gasteiger partial charge in [-0.25, -0.2) is 9.37 Å². The molecule has 17 heavy (non-hydrogen) atoms. The van der Waals surface area contributed by atoms with E-state index in [1.165, 1.54) is 19.2 Å². The SMILES string of the molecule is COc1ccc(F)cc1-c1cncc(CN)n1. The molecule has 0 aliphatic rings. The van der Waals surface area contributed by atoms with Gasteiger partial charge >= 0.3 is 0 Å². The third-order valence-electron chi connectivity index (χ3n) is 2.33. The Balaban J connectivity index is 2.54. The second-order valence-corrected chi connectivity index (χ2v) is 3.44. The number of nitrogens with zero attached hydrogens (tertiary/aromatic N) is 2. The quantitative estimate of drug-likeness (QED) is 0.877. The average molecular weight is 233 g/mol. The number of hydrogen-bond donors (Lipinski definition) is 1. The molecule has 2 N–H and O–H groups in total. The number of aromatic nitrogens is 2. The van der Waals surface area contributed by atoms with Crippen molar-refractivity contribution >= 4 is 0 Å². The summed E-state index contributed by atoms with van der Waals surface area (Å²) in [7, 11) is 1.52. The van der Waals surface area contributed by atoms with E-state index in [1.807, 2.05) is 0 Å². The predicted molar refractivity (Wildman–Crippen MR) is 61.9 cm³/mol. The van der Waals surface area contributed by atoms with E-state index in [-0.39, 0.29) is 5.82 Å². The Labute approximate surface area is 98.3 Å². The third-order valence-corrected chi connectivity index (χ3v) is 2.33. The molecule has 1 heterocycles. The Morgan fingerprint density at radius 3 is 2.88 bits per heavy atom. The molecule has 0 bridgehead atoms.